The molecule has 2 heterocycles. The summed E-state index contributed by atoms with van der Waals surface area (Å²) in [6, 6.07) is 2.79. The fourth-order valence-electron chi connectivity index (χ4n) is 2.83. The van der Waals surface area contributed by atoms with E-state index in [0.29, 0.717) is 19.0 Å². The number of hydrogen-bond acceptors (Lipinski definition) is 2. The average Bonchev–Trinajstić information content (AvgIpc) is 2.83. The molecule has 7 heteroatoms. The van der Waals surface area contributed by atoms with Crippen molar-refractivity contribution in [3.63, 3.8) is 0 Å². The summed E-state index contributed by atoms with van der Waals surface area (Å²) in [6.07, 6.45) is -1.42. The molecule has 0 aromatic carbocycles. The minimum absolute atomic E-state index is 0.0697. The van der Waals surface area contributed by atoms with E-state index in [0.717, 1.165) is 17.4 Å². The van der Waals surface area contributed by atoms with Gasteiger partial charge in [0.2, 0.25) is 0 Å². The number of nitrogens with two attached hydrogens (primary N) is 1. The summed E-state index contributed by atoms with van der Waals surface area (Å²) < 4.78 is 38.6. The summed E-state index contributed by atoms with van der Waals surface area (Å²) in [4.78, 5) is 14.1. The van der Waals surface area contributed by atoms with Crippen LogP contribution >= 0.6 is 0 Å². The highest BCUT2D eigenvalue weighted by molar-refractivity contribution is 5.93. The number of piperidine rings is 1. The quantitative estimate of drug-likeness (QED) is 0.931. The molecule has 0 radical (unpaired) electrons. The predicted octanol–water partition coefficient (Wildman–Crippen LogP) is 2.25. The number of likely N-dealkylation sites (tertiary alicyclic amines) is 1. The van der Waals surface area contributed by atoms with Crippen molar-refractivity contribution in [3.8, 4) is 0 Å². The van der Waals surface area contributed by atoms with Crippen molar-refractivity contribution in [2.24, 2.45) is 11.7 Å². The third-order valence-electron chi connectivity index (χ3n) is 3.91. The van der Waals surface area contributed by atoms with Gasteiger partial charge in [-0.05, 0) is 30.9 Å². The Morgan fingerprint density at radius 1 is 1.48 bits per heavy atom. The third kappa shape index (κ3) is 3.78. The van der Waals surface area contributed by atoms with Gasteiger partial charge in [-0.3, -0.25) is 4.79 Å². The Kier molecular flexibility index (Phi) is 4.61. The first kappa shape index (κ1) is 15.9. The van der Waals surface area contributed by atoms with Crippen molar-refractivity contribution in [1.29, 1.82) is 0 Å². The molecule has 1 fully saturated rings. The van der Waals surface area contributed by atoms with Crippen LogP contribution in [0.2, 0.25) is 0 Å². The van der Waals surface area contributed by atoms with E-state index in [2.05, 4.69) is 6.92 Å². The van der Waals surface area contributed by atoms with Crippen molar-refractivity contribution >= 4 is 5.91 Å². The van der Waals surface area contributed by atoms with Crippen LogP contribution < -0.4 is 5.73 Å². The number of aromatic nitrogens is 1. The largest absolute Gasteiger partial charge is 0.406 e. The highest BCUT2D eigenvalue weighted by atomic mass is 19.4. The molecule has 1 aliphatic rings. The molecule has 0 saturated carbocycles. The summed E-state index contributed by atoms with van der Waals surface area (Å²) in [5, 5.41) is 0. The van der Waals surface area contributed by atoms with Gasteiger partial charge in [0.15, 0.2) is 0 Å². The minimum Gasteiger partial charge on any atom is -0.334 e. The second kappa shape index (κ2) is 6.09. The lowest BCUT2D eigenvalue weighted by molar-refractivity contribution is -0.140. The highest BCUT2D eigenvalue weighted by Crippen LogP contribution is 2.25. The summed E-state index contributed by atoms with van der Waals surface area (Å²) in [7, 11) is 0. The maximum atomic E-state index is 12.5. The number of alkyl halides is 3. The van der Waals surface area contributed by atoms with Gasteiger partial charge in [0.1, 0.15) is 12.2 Å². The van der Waals surface area contributed by atoms with E-state index in [1.54, 1.807) is 4.90 Å². The molecular weight excluding hydrogens is 283 g/mol. The van der Waals surface area contributed by atoms with E-state index < -0.39 is 12.7 Å². The number of carbonyl (C=O) groups excluding carboxylic acids is 1. The Morgan fingerprint density at radius 2 is 2.19 bits per heavy atom. The Morgan fingerprint density at radius 3 is 2.81 bits per heavy atom. The van der Waals surface area contributed by atoms with Gasteiger partial charge in [-0.15, -0.1) is 0 Å². The normalized spacial score (nSPS) is 23.4. The number of carbonyl (C=O) groups is 1. The standard InChI is InChI=1S/C14H20F3N3O/c1-10-4-6-20(11(7-10)8-18)13(21)12-3-2-5-19(12)9-14(15,16)17/h2-3,5,10-11H,4,6-9,18H2,1H3. The van der Waals surface area contributed by atoms with Crippen molar-refractivity contribution in [2.45, 2.75) is 38.5 Å². The Labute approximate surface area is 121 Å². The van der Waals surface area contributed by atoms with Gasteiger partial charge >= 0.3 is 6.18 Å². The molecule has 1 aromatic heterocycles. The van der Waals surface area contributed by atoms with Gasteiger partial charge < -0.3 is 15.2 Å². The van der Waals surface area contributed by atoms with Crippen LogP contribution in [0.5, 0.6) is 0 Å². The predicted molar refractivity (Wildman–Crippen MR) is 72.8 cm³/mol. The first-order valence-corrected chi connectivity index (χ1v) is 7.04. The fourth-order valence-corrected chi connectivity index (χ4v) is 2.83. The van der Waals surface area contributed by atoms with E-state index in [1.807, 2.05) is 0 Å². The number of halogens is 3. The lowest BCUT2D eigenvalue weighted by atomic mass is 9.92. The van der Waals surface area contributed by atoms with E-state index in [9.17, 15) is 18.0 Å². The fraction of sp³-hybridized carbons (Fsp3) is 0.643. The average molecular weight is 303 g/mol. The molecule has 0 spiro atoms. The number of rotatable bonds is 3. The molecule has 2 N–H and O–H groups in total. The lowest BCUT2D eigenvalue weighted by Crippen LogP contribution is -2.49. The molecule has 0 aliphatic carbocycles. The van der Waals surface area contributed by atoms with Gasteiger partial charge in [0.05, 0.1) is 0 Å². The Balaban J connectivity index is 2.18. The summed E-state index contributed by atoms with van der Waals surface area (Å²) in [6.45, 7) is 1.81. The Hall–Kier alpha value is -1.50. The zero-order valence-electron chi connectivity index (χ0n) is 11.9. The molecule has 118 valence electrons. The number of amides is 1. The first-order valence-electron chi connectivity index (χ1n) is 7.04. The van der Waals surface area contributed by atoms with E-state index in [1.165, 1.54) is 18.3 Å². The Bertz CT molecular complexity index is 498. The zero-order valence-corrected chi connectivity index (χ0v) is 11.9. The topological polar surface area (TPSA) is 51.3 Å². The van der Waals surface area contributed by atoms with Crippen LogP contribution in [0.1, 0.15) is 30.3 Å². The maximum absolute atomic E-state index is 12.5. The molecule has 1 saturated heterocycles. The molecule has 2 unspecified atom stereocenters. The molecule has 2 atom stereocenters. The number of hydrogen-bond donors (Lipinski definition) is 1. The smallest absolute Gasteiger partial charge is 0.334 e. The van der Waals surface area contributed by atoms with Crippen molar-refractivity contribution in [1.82, 2.24) is 9.47 Å². The molecule has 1 aromatic rings. The van der Waals surface area contributed by atoms with Gasteiger partial charge in [0, 0.05) is 25.3 Å². The lowest BCUT2D eigenvalue weighted by Gasteiger charge is -2.38. The van der Waals surface area contributed by atoms with Crippen LogP contribution in [0, 0.1) is 5.92 Å². The molecular formula is C14H20F3N3O. The highest BCUT2D eigenvalue weighted by Gasteiger charge is 2.33. The van der Waals surface area contributed by atoms with Crippen molar-refractivity contribution in [3.05, 3.63) is 24.0 Å². The summed E-state index contributed by atoms with van der Waals surface area (Å²) in [5.41, 5.74) is 5.78. The molecule has 4 nitrogen and oxygen atoms in total. The van der Waals surface area contributed by atoms with E-state index in [4.69, 9.17) is 5.73 Å². The first-order chi connectivity index (χ1) is 9.81. The van der Waals surface area contributed by atoms with Gasteiger partial charge in [-0.2, -0.15) is 13.2 Å². The second-order valence-electron chi connectivity index (χ2n) is 5.65. The second-order valence-corrected chi connectivity index (χ2v) is 5.65. The zero-order chi connectivity index (χ0) is 15.6. The molecule has 2 rings (SSSR count). The SMILES string of the molecule is CC1CCN(C(=O)c2cccn2CC(F)(F)F)C(CN)C1. The van der Waals surface area contributed by atoms with Crippen LogP contribution in [0.15, 0.2) is 18.3 Å². The van der Waals surface area contributed by atoms with Gasteiger partial charge in [0.25, 0.3) is 5.91 Å². The maximum Gasteiger partial charge on any atom is 0.406 e. The summed E-state index contributed by atoms with van der Waals surface area (Å²) in [5.74, 6) is 0.108. The van der Waals surface area contributed by atoms with Crippen LogP contribution in [0.25, 0.3) is 0 Å². The minimum atomic E-state index is -4.35. The van der Waals surface area contributed by atoms with Crippen LogP contribution in [-0.4, -0.2) is 40.7 Å². The van der Waals surface area contributed by atoms with Crippen molar-refractivity contribution < 1.29 is 18.0 Å². The molecule has 1 aliphatic heterocycles. The van der Waals surface area contributed by atoms with Crippen LogP contribution in [0.4, 0.5) is 13.2 Å². The third-order valence-corrected chi connectivity index (χ3v) is 3.91. The molecule has 1 amide bonds. The summed E-state index contributed by atoms with van der Waals surface area (Å²) >= 11 is 0. The van der Waals surface area contributed by atoms with Crippen LogP contribution in [-0.2, 0) is 6.54 Å². The molecule has 21 heavy (non-hydrogen) atoms. The van der Waals surface area contributed by atoms with E-state index in [-0.39, 0.29) is 17.6 Å². The van der Waals surface area contributed by atoms with Crippen LogP contribution in [0.3, 0.4) is 0 Å². The monoisotopic (exact) mass is 303 g/mol. The van der Waals surface area contributed by atoms with E-state index >= 15 is 0 Å². The molecule has 0 bridgehead atoms. The van der Waals surface area contributed by atoms with Gasteiger partial charge in [-0.25, -0.2) is 0 Å². The number of nitrogens with zero attached hydrogens (tertiary/aromatic N) is 2. The van der Waals surface area contributed by atoms with Crippen molar-refractivity contribution in [2.75, 3.05) is 13.1 Å². The van der Waals surface area contributed by atoms with Gasteiger partial charge in [-0.1, -0.05) is 6.92 Å².